The van der Waals surface area contributed by atoms with E-state index in [1.165, 1.54) is 19.3 Å². The van der Waals surface area contributed by atoms with Gasteiger partial charge in [-0.1, -0.05) is 13.3 Å². The average Bonchev–Trinajstić information content (AvgIpc) is 3.46. The maximum absolute atomic E-state index is 13.2. The maximum Gasteiger partial charge on any atom is 0.254 e. The van der Waals surface area contributed by atoms with Crippen molar-refractivity contribution in [1.82, 2.24) is 4.90 Å². The highest BCUT2D eigenvalue weighted by Crippen LogP contribution is 2.37. The van der Waals surface area contributed by atoms with Gasteiger partial charge in [0, 0.05) is 23.7 Å². The third kappa shape index (κ3) is 3.68. The Morgan fingerprint density at radius 3 is 1.88 bits per heavy atom. The molecule has 2 aliphatic carbocycles. The minimum atomic E-state index is 0.134. The first-order valence-corrected chi connectivity index (χ1v) is 9.22. The first kappa shape index (κ1) is 17.1. The molecule has 0 spiro atoms. The number of carbonyl (C=O) groups excluding carboxylic acids is 1. The maximum atomic E-state index is 13.2. The normalized spacial score (nSPS) is 23.6. The van der Waals surface area contributed by atoms with E-state index in [4.69, 9.17) is 9.47 Å². The van der Waals surface area contributed by atoms with Gasteiger partial charge in [-0.05, 0) is 56.6 Å². The van der Waals surface area contributed by atoms with E-state index in [0.717, 1.165) is 31.6 Å². The van der Waals surface area contributed by atoms with E-state index in [2.05, 4.69) is 11.8 Å². The number of ether oxygens (including phenoxy) is 2. The first-order valence-electron chi connectivity index (χ1n) is 9.22. The third-order valence-corrected chi connectivity index (χ3v) is 5.56. The highest BCUT2D eigenvalue weighted by Gasteiger charge is 2.39. The number of amides is 1. The Labute approximate surface area is 145 Å². The van der Waals surface area contributed by atoms with Crippen LogP contribution in [0.25, 0.3) is 0 Å². The smallest absolute Gasteiger partial charge is 0.254 e. The van der Waals surface area contributed by atoms with E-state index in [-0.39, 0.29) is 5.91 Å². The van der Waals surface area contributed by atoms with Crippen molar-refractivity contribution in [2.75, 3.05) is 14.2 Å². The number of nitrogens with zero attached hydrogens (tertiary/aromatic N) is 1. The monoisotopic (exact) mass is 331 g/mol. The molecule has 1 aromatic carbocycles. The minimum Gasteiger partial charge on any atom is -0.497 e. The van der Waals surface area contributed by atoms with Gasteiger partial charge in [-0.2, -0.15) is 0 Å². The summed E-state index contributed by atoms with van der Waals surface area (Å²) in [6.07, 6.45) is 8.32. The fraction of sp³-hybridized carbons (Fsp3) is 0.650. The summed E-state index contributed by atoms with van der Waals surface area (Å²) in [6, 6.07) is 6.29. The molecule has 0 aliphatic heterocycles. The largest absolute Gasteiger partial charge is 0.497 e. The van der Waals surface area contributed by atoms with Gasteiger partial charge in [0.2, 0.25) is 0 Å². The van der Waals surface area contributed by atoms with Crippen molar-refractivity contribution in [3.05, 3.63) is 23.8 Å². The van der Waals surface area contributed by atoms with Gasteiger partial charge in [-0.3, -0.25) is 4.79 Å². The van der Waals surface area contributed by atoms with Crippen LogP contribution in [0.5, 0.6) is 11.5 Å². The molecule has 3 rings (SSSR count). The number of carbonyl (C=O) groups is 1. The Morgan fingerprint density at radius 2 is 1.46 bits per heavy atom. The van der Waals surface area contributed by atoms with Crippen LogP contribution in [0.15, 0.2) is 18.2 Å². The second-order valence-electron chi connectivity index (χ2n) is 7.13. The Morgan fingerprint density at radius 1 is 0.958 bits per heavy atom. The van der Waals surface area contributed by atoms with Gasteiger partial charge in [-0.25, -0.2) is 0 Å². The molecule has 2 saturated carbocycles. The minimum absolute atomic E-state index is 0.134. The van der Waals surface area contributed by atoms with Crippen molar-refractivity contribution >= 4 is 5.91 Å². The molecular formula is C20H29NO3. The molecule has 132 valence electrons. The molecule has 0 heterocycles. The summed E-state index contributed by atoms with van der Waals surface area (Å²) >= 11 is 0. The van der Waals surface area contributed by atoms with E-state index >= 15 is 0 Å². The fourth-order valence-electron chi connectivity index (χ4n) is 3.89. The van der Waals surface area contributed by atoms with Gasteiger partial charge in [0.1, 0.15) is 11.5 Å². The van der Waals surface area contributed by atoms with Crippen molar-refractivity contribution in [1.29, 1.82) is 0 Å². The van der Waals surface area contributed by atoms with Crippen LogP contribution < -0.4 is 9.47 Å². The summed E-state index contributed by atoms with van der Waals surface area (Å²) in [5.74, 6) is 2.32. The Kier molecular flexibility index (Phi) is 5.32. The number of methoxy groups -OCH3 is 2. The molecule has 0 N–H and O–H groups in total. The van der Waals surface area contributed by atoms with Gasteiger partial charge in [0.05, 0.1) is 14.2 Å². The molecule has 4 heteroatoms. The Balaban J connectivity index is 1.80. The molecule has 0 atom stereocenters. The van der Waals surface area contributed by atoms with Gasteiger partial charge >= 0.3 is 0 Å². The van der Waals surface area contributed by atoms with E-state index in [1.807, 2.05) is 18.2 Å². The lowest BCUT2D eigenvalue weighted by Crippen LogP contribution is -2.43. The predicted molar refractivity (Wildman–Crippen MR) is 94.8 cm³/mol. The predicted octanol–water partition coefficient (Wildman–Crippen LogP) is 4.28. The number of benzene rings is 1. The summed E-state index contributed by atoms with van der Waals surface area (Å²) in [4.78, 5) is 15.4. The summed E-state index contributed by atoms with van der Waals surface area (Å²) in [6.45, 7) is 2.28. The van der Waals surface area contributed by atoms with Crippen molar-refractivity contribution in [3.8, 4) is 11.5 Å². The van der Waals surface area contributed by atoms with Crippen molar-refractivity contribution < 1.29 is 14.3 Å². The Hall–Kier alpha value is -1.71. The van der Waals surface area contributed by atoms with Crippen molar-refractivity contribution in [3.63, 3.8) is 0 Å². The Bertz CT molecular complexity index is 552. The molecule has 2 aliphatic rings. The molecule has 1 amide bonds. The molecule has 24 heavy (non-hydrogen) atoms. The third-order valence-electron chi connectivity index (χ3n) is 5.56. The van der Waals surface area contributed by atoms with Crippen LogP contribution in [0, 0.1) is 5.92 Å². The van der Waals surface area contributed by atoms with E-state index in [1.54, 1.807) is 14.2 Å². The highest BCUT2D eigenvalue weighted by molar-refractivity contribution is 5.95. The zero-order valence-corrected chi connectivity index (χ0v) is 15.1. The second kappa shape index (κ2) is 7.45. The lowest BCUT2D eigenvalue weighted by Gasteiger charge is -2.37. The topological polar surface area (TPSA) is 38.8 Å². The summed E-state index contributed by atoms with van der Waals surface area (Å²) < 4.78 is 10.7. The molecular weight excluding hydrogens is 302 g/mol. The lowest BCUT2D eigenvalue weighted by molar-refractivity contribution is 0.0586. The molecule has 1 aromatic rings. The van der Waals surface area contributed by atoms with Crippen molar-refractivity contribution in [2.45, 2.75) is 64.0 Å². The summed E-state index contributed by atoms with van der Waals surface area (Å²) in [5.41, 5.74) is 0.677. The molecule has 4 nitrogen and oxygen atoms in total. The van der Waals surface area contributed by atoms with Crippen molar-refractivity contribution in [2.24, 2.45) is 5.92 Å². The van der Waals surface area contributed by atoms with Crippen LogP contribution in [0.3, 0.4) is 0 Å². The zero-order valence-electron chi connectivity index (χ0n) is 15.1. The van der Waals surface area contributed by atoms with E-state index in [9.17, 15) is 4.79 Å². The average molecular weight is 331 g/mol. The first-order chi connectivity index (χ1) is 11.7. The lowest BCUT2D eigenvalue weighted by atomic mass is 9.83. The highest BCUT2D eigenvalue weighted by atomic mass is 16.5. The SMILES string of the molecule is CCC1CCC(N(C(=O)c2cc(OC)cc(OC)c2)C2CC2)CC1. The molecule has 2 fully saturated rings. The molecule has 0 saturated heterocycles. The van der Waals surface area contributed by atoms with E-state index in [0.29, 0.717) is 29.1 Å². The van der Waals surface area contributed by atoms with Crippen LogP contribution in [-0.4, -0.2) is 37.1 Å². The number of hydrogen-bond acceptors (Lipinski definition) is 3. The van der Waals surface area contributed by atoms with Gasteiger partial charge in [-0.15, -0.1) is 0 Å². The molecule has 0 bridgehead atoms. The fourth-order valence-corrected chi connectivity index (χ4v) is 3.89. The molecule has 0 radical (unpaired) electrons. The second-order valence-corrected chi connectivity index (χ2v) is 7.13. The quantitative estimate of drug-likeness (QED) is 0.781. The van der Waals surface area contributed by atoms with Crippen LogP contribution >= 0.6 is 0 Å². The summed E-state index contributed by atoms with van der Waals surface area (Å²) in [7, 11) is 3.24. The summed E-state index contributed by atoms with van der Waals surface area (Å²) in [5, 5.41) is 0. The molecule has 0 unspecified atom stereocenters. The number of rotatable bonds is 6. The van der Waals surface area contributed by atoms with Crippen LogP contribution in [0.4, 0.5) is 0 Å². The van der Waals surface area contributed by atoms with Gasteiger partial charge in [0.25, 0.3) is 5.91 Å². The van der Waals surface area contributed by atoms with Crippen LogP contribution in [0.1, 0.15) is 62.2 Å². The molecule has 0 aromatic heterocycles. The standard InChI is InChI=1S/C20H29NO3/c1-4-14-5-7-16(8-6-14)21(17-9-10-17)20(22)15-11-18(23-2)13-19(12-15)24-3/h11-14,16-17H,4-10H2,1-3H3. The van der Waals surface area contributed by atoms with Crippen LogP contribution in [0.2, 0.25) is 0 Å². The van der Waals surface area contributed by atoms with Crippen LogP contribution in [-0.2, 0) is 0 Å². The van der Waals surface area contributed by atoms with E-state index < -0.39 is 0 Å². The van der Waals surface area contributed by atoms with Gasteiger partial charge in [0.15, 0.2) is 0 Å². The number of hydrogen-bond donors (Lipinski definition) is 0. The van der Waals surface area contributed by atoms with Gasteiger partial charge < -0.3 is 14.4 Å². The zero-order chi connectivity index (χ0) is 17.1.